The number of anilines is 1. The maximum absolute atomic E-state index is 11.7. The summed E-state index contributed by atoms with van der Waals surface area (Å²) in [5, 5.41) is 3.34. The van der Waals surface area contributed by atoms with Gasteiger partial charge in [-0.05, 0) is 49.8 Å². The van der Waals surface area contributed by atoms with Crippen LogP contribution >= 0.6 is 0 Å². The zero-order valence-corrected chi connectivity index (χ0v) is 10.6. The summed E-state index contributed by atoms with van der Waals surface area (Å²) >= 11 is 0. The van der Waals surface area contributed by atoms with Crippen LogP contribution in [0.25, 0.3) is 0 Å². The monoisotopic (exact) mass is 231 g/mol. The molecule has 0 fully saturated rings. The number of rotatable bonds is 2. The molecule has 1 aliphatic rings. The molecule has 0 amide bonds. The molecule has 0 heterocycles. The molecule has 0 aliphatic heterocycles. The fourth-order valence-corrected chi connectivity index (χ4v) is 2.58. The second kappa shape index (κ2) is 5.85. The molecule has 17 heavy (non-hydrogen) atoms. The first-order valence-electron chi connectivity index (χ1n) is 6.71. The zero-order valence-electron chi connectivity index (χ0n) is 10.6. The van der Waals surface area contributed by atoms with Gasteiger partial charge in [0.05, 0.1) is 0 Å². The van der Waals surface area contributed by atoms with Crippen molar-refractivity contribution < 1.29 is 0 Å². The summed E-state index contributed by atoms with van der Waals surface area (Å²) in [7, 11) is 0. The topological polar surface area (TPSA) is 29.1 Å². The molecule has 2 nitrogen and oxygen atoms in total. The van der Waals surface area contributed by atoms with Gasteiger partial charge in [0.2, 0.25) is 0 Å². The van der Waals surface area contributed by atoms with Crippen molar-refractivity contribution in [1.29, 1.82) is 0 Å². The summed E-state index contributed by atoms with van der Waals surface area (Å²) in [4.78, 5) is 11.7. The molecule has 0 saturated carbocycles. The van der Waals surface area contributed by atoms with E-state index in [4.69, 9.17) is 0 Å². The first-order chi connectivity index (χ1) is 8.31. The Morgan fingerprint density at radius 1 is 1.12 bits per heavy atom. The average Bonchev–Trinajstić information content (AvgIpc) is 2.39. The molecule has 0 atom stereocenters. The molecule has 0 spiro atoms. The Balaban J connectivity index is 2.49. The summed E-state index contributed by atoms with van der Waals surface area (Å²) in [6.45, 7) is 2.95. The highest BCUT2D eigenvalue weighted by molar-refractivity contribution is 5.53. The van der Waals surface area contributed by atoms with Crippen LogP contribution in [0.1, 0.15) is 43.7 Å². The third-order valence-corrected chi connectivity index (χ3v) is 3.44. The van der Waals surface area contributed by atoms with Gasteiger partial charge in [-0.1, -0.05) is 18.9 Å². The molecular weight excluding hydrogens is 210 g/mol. The number of hydrogen-bond acceptors (Lipinski definition) is 2. The first-order valence-corrected chi connectivity index (χ1v) is 6.71. The Labute approximate surface area is 103 Å². The molecule has 1 aliphatic carbocycles. The quantitative estimate of drug-likeness (QED) is 0.847. The summed E-state index contributed by atoms with van der Waals surface area (Å²) < 4.78 is 0. The number of aryl methyl sites for hydroxylation is 1. The largest absolute Gasteiger partial charge is 0.385 e. The molecule has 0 bridgehead atoms. The Kier molecular flexibility index (Phi) is 4.18. The lowest BCUT2D eigenvalue weighted by Crippen LogP contribution is -2.05. The zero-order chi connectivity index (χ0) is 12.1. The third-order valence-electron chi connectivity index (χ3n) is 3.44. The minimum atomic E-state index is 0.104. The maximum atomic E-state index is 11.7. The van der Waals surface area contributed by atoms with Crippen LogP contribution in [0, 0.1) is 0 Å². The van der Waals surface area contributed by atoms with Crippen molar-refractivity contribution in [1.82, 2.24) is 0 Å². The van der Waals surface area contributed by atoms with Crippen molar-refractivity contribution in [2.75, 3.05) is 11.9 Å². The second-order valence-corrected chi connectivity index (χ2v) is 4.74. The predicted octanol–water partition coefficient (Wildman–Crippen LogP) is 3.14. The number of hydrogen-bond donors (Lipinski definition) is 1. The van der Waals surface area contributed by atoms with Crippen molar-refractivity contribution in [3.63, 3.8) is 0 Å². The lowest BCUT2D eigenvalue weighted by atomic mass is 9.94. The van der Waals surface area contributed by atoms with Gasteiger partial charge in [0, 0.05) is 18.3 Å². The van der Waals surface area contributed by atoms with Gasteiger partial charge in [-0.25, -0.2) is 0 Å². The van der Waals surface area contributed by atoms with Crippen molar-refractivity contribution in [3.05, 3.63) is 39.5 Å². The normalized spacial score (nSPS) is 15.6. The number of fused-ring (bicyclic) bond motifs is 1. The molecule has 1 aromatic rings. The molecule has 2 rings (SSSR count). The summed E-state index contributed by atoms with van der Waals surface area (Å²) in [5.41, 5.74) is 3.89. The van der Waals surface area contributed by atoms with E-state index in [1.807, 2.05) is 6.07 Å². The van der Waals surface area contributed by atoms with E-state index < -0.39 is 0 Å². The highest BCUT2D eigenvalue weighted by Crippen LogP contribution is 2.24. The van der Waals surface area contributed by atoms with Gasteiger partial charge in [0.15, 0.2) is 5.43 Å². The van der Waals surface area contributed by atoms with E-state index in [0.29, 0.717) is 0 Å². The molecule has 92 valence electrons. The SMILES string of the molecule is CCNc1cc(=O)ccc2c1CCCCCC2. The molecule has 0 aromatic heterocycles. The van der Waals surface area contributed by atoms with Gasteiger partial charge >= 0.3 is 0 Å². The van der Waals surface area contributed by atoms with Crippen LogP contribution in [-0.2, 0) is 12.8 Å². The van der Waals surface area contributed by atoms with Crippen LogP contribution in [0.15, 0.2) is 23.0 Å². The highest BCUT2D eigenvalue weighted by Gasteiger charge is 2.10. The van der Waals surface area contributed by atoms with Gasteiger partial charge < -0.3 is 5.32 Å². The lowest BCUT2D eigenvalue weighted by Gasteiger charge is -2.15. The van der Waals surface area contributed by atoms with Crippen LogP contribution in [-0.4, -0.2) is 6.54 Å². The van der Waals surface area contributed by atoms with Crippen LogP contribution in [0.5, 0.6) is 0 Å². The van der Waals surface area contributed by atoms with Gasteiger partial charge in [0.25, 0.3) is 0 Å². The predicted molar refractivity (Wildman–Crippen MR) is 72.8 cm³/mol. The standard InChI is InChI=1S/C15H21NO/c1-2-16-15-11-13(17)10-9-12-7-5-3-4-6-8-14(12)15/h9-11,16H,2-8H2,1H3. The number of nitrogens with one attached hydrogen (secondary N) is 1. The average molecular weight is 231 g/mol. The smallest absolute Gasteiger partial charge is 0.180 e. The van der Waals surface area contributed by atoms with Crippen LogP contribution in [0.3, 0.4) is 0 Å². The Morgan fingerprint density at radius 3 is 2.65 bits per heavy atom. The maximum Gasteiger partial charge on any atom is 0.180 e. The second-order valence-electron chi connectivity index (χ2n) is 4.74. The molecule has 0 radical (unpaired) electrons. The first kappa shape index (κ1) is 12.2. The van der Waals surface area contributed by atoms with E-state index in [0.717, 1.165) is 25.1 Å². The Hall–Kier alpha value is -1.31. The van der Waals surface area contributed by atoms with Crippen LogP contribution < -0.4 is 10.7 Å². The third kappa shape index (κ3) is 3.09. The molecule has 0 unspecified atom stereocenters. The van der Waals surface area contributed by atoms with Crippen molar-refractivity contribution >= 4 is 5.69 Å². The fourth-order valence-electron chi connectivity index (χ4n) is 2.58. The minimum absolute atomic E-state index is 0.104. The van der Waals surface area contributed by atoms with Gasteiger partial charge in [0.1, 0.15) is 0 Å². The van der Waals surface area contributed by atoms with E-state index in [1.165, 1.54) is 36.8 Å². The van der Waals surface area contributed by atoms with Crippen LogP contribution in [0.4, 0.5) is 5.69 Å². The molecule has 0 saturated heterocycles. The van der Waals surface area contributed by atoms with E-state index in [-0.39, 0.29) is 5.43 Å². The summed E-state index contributed by atoms with van der Waals surface area (Å²) in [6.07, 6.45) is 7.33. The Morgan fingerprint density at radius 2 is 1.88 bits per heavy atom. The van der Waals surface area contributed by atoms with Crippen molar-refractivity contribution in [3.8, 4) is 0 Å². The highest BCUT2D eigenvalue weighted by atomic mass is 16.1. The Bertz CT molecular complexity index is 439. The van der Waals surface area contributed by atoms with E-state index >= 15 is 0 Å². The van der Waals surface area contributed by atoms with E-state index in [1.54, 1.807) is 12.1 Å². The molecular formula is C15H21NO. The van der Waals surface area contributed by atoms with Gasteiger partial charge in [-0.15, -0.1) is 0 Å². The van der Waals surface area contributed by atoms with Crippen molar-refractivity contribution in [2.24, 2.45) is 0 Å². The lowest BCUT2D eigenvalue weighted by molar-refractivity contribution is 0.618. The van der Waals surface area contributed by atoms with Gasteiger partial charge in [-0.3, -0.25) is 4.79 Å². The summed E-state index contributed by atoms with van der Waals surface area (Å²) in [6, 6.07) is 5.50. The van der Waals surface area contributed by atoms with Gasteiger partial charge in [-0.2, -0.15) is 0 Å². The molecule has 1 N–H and O–H groups in total. The summed E-state index contributed by atoms with van der Waals surface area (Å²) in [5.74, 6) is 0. The molecule has 2 heteroatoms. The van der Waals surface area contributed by atoms with Crippen LogP contribution in [0.2, 0.25) is 0 Å². The molecule has 1 aromatic carbocycles. The minimum Gasteiger partial charge on any atom is -0.385 e. The van der Waals surface area contributed by atoms with E-state index in [9.17, 15) is 4.79 Å². The fraction of sp³-hybridized carbons (Fsp3) is 0.533. The van der Waals surface area contributed by atoms with E-state index in [2.05, 4.69) is 12.2 Å². The van der Waals surface area contributed by atoms with Crippen molar-refractivity contribution in [2.45, 2.75) is 45.4 Å².